The van der Waals surface area contributed by atoms with Crippen LogP contribution in [-0.2, 0) is 9.53 Å². The maximum atomic E-state index is 12.2. The number of ether oxygens (including phenoxy) is 2. The topological polar surface area (TPSA) is 81.9 Å². The molecule has 0 atom stereocenters. The highest BCUT2D eigenvalue weighted by molar-refractivity contribution is 14.1. The molecular weight excluding hydrogens is 423 g/mol. The highest BCUT2D eigenvalue weighted by Crippen LogP contribution is 2.14. The van der Waals surface area contributed by atoms with Gasteiger partial charge >= 0.3 is 6.09 Å². The summed E-state index contributed by atoms with van der Waals surface area (Å²) in [6.07, 6.45) is 2.27. The van der Waals surface area contributed by atoms with Crippen molar-refractivity contribution in [3.8, 4) is 5.75 Å². The molecule has 6 nitrogen and oxygen atoms in total. The van der Waals surface area contributed by atoms with Crippen molar-refractivity contribution in [2.24, 2.45) is 5.73 Å². The van der Waals surface area contributed by atoms with Crippen molar-refractivity contribution < 1.29 is 19.1 Å². The van der Waals surface area contributed by atoms with Crippen molar-refractivity contribution in [3.63, 3.8) is 0 Å². The van der Waals surface area contributed by atoms with Gasteiger partial charge in [0.05, 0.1) is 6.54 Å². The first-order valence-corrected chi connectivity index (χ1v) is 8.57. The molecule has 0 aliphatic carbocycles. The molecule has 2 amide bonds. The van der Waals surface area contributed by atoms with Crippen LogP contribution < -0.4 is 10.5 Å². The second kappa shape index (κ2) is 9.51. The summed E-state index contributed by atoms with van der Waals surface area (Å²) in [6, 6.07) is 7.62. The van der Waals surface area contributed by atoms with Crippen LogP contribution in [0.15, 0.2) is 36.4 Å². The van der Waals surface area contributed by atoms with E-state index in [0.717, 1.165) is 9.32 Å². The fraction of sp³-hybridized carbons (Fsp3) is 0.412. The van der Waals surface area contributed by atoms with E-state index in [4.69, 9.17) is 15.2 Å². The van der Waals surface area contributed by atoms with Crippen LogP contribution in [-0.4, -0.2) is 42.2 Å². The van der Waals surface area contributed by atoms with Crippen LogP contribution in [0.1, 0.15) is 20.8 Å². The van der Waals surface area contributed by atoms with Crippen LogP contribution in [0.2, 0.25) is 0 Å². The van der Waals surface area contributed by atoms with E-state index in [-0.39, 0.29) is 6.54 Å². The second-order valence-electron chi connectivity index (χ2n) is 6.03. The lowest BCUT2D eigenvalue weighted by Crippen LogP contribution is -2.39. The van der Waals surface area contributed by atoms with Gasteiger partial charge in [-0.05, 0) is 67.6 Å². The smallest absolute Gasteiger partial charge is 0.410 e. The van der Waals surface area contributed by atoms with Crippen molar-refractivity contribution in [2.75, 3.05) is 19.7 Å². The van der Waals surface area contributed by atoms with Gasteiger partial charge in [-0.25, -0.2) is 4.79 Å². The molecule has 1 rings (SSSR count). The van der Waals surface area contributed by atoms with Gasteiger partial charge in [0.15, 0.2) is 0 Å². The molecule has 0 aromatic heterocycles. The predicted octanol–water partition coefficient (Wildman–Crippen LogP) is 2.95. The molecule has 0 radical (unpaired) electrons. The number of rotatable bonds is 7. The van der Waals surface area contributed by atoms with Crippen molar-refractivity contribution in [2.45, 2.75) is 26.4 Å². The van der Waals surface area contributed by atoms with Crippen LogP contribution in [0.3, 0.4) is 0 Å². The minimum absolute atomic E-state index is 0.216. The first kappa shape index (κ1) is 20.3. The number of hydrogen-bond acceptors (Lipinski definition) is 4. The van der Waals surface area contributed by atoms with Gasteiger partial charge in [-0.1, -0.05) is 6.08 Å². The zero-order valence-electron chi connectivity index (χ0n) is 14.1. The van der Waals surface area contributed by atoms with E-state index in [2.05, 4.69) is 22.6 Å². The Morgan fingerprint density at radius 3 is 2.42 bits per heavy atom. The Balaban J connectivity index is 2.61. The number of benzene rings is 1. The number of amides is 2. The SMILES string of the molecule is CC(C)(C)OC(=O)N(C/C=C/C(N)=O)CCOc1ccc(I)cc1. The van der Waals surface area contributed by atoms with Gasteiger partial charge in [-0.15, -0.1) is 0 Å². The quantitative estimate of drug-likeness (QED) is 0.516. The molecule has 0 fully saturated rings. The maximum absolute atomic E-state index is 12.2. The predicted molar refractivity (Wildman–Crippen MR) is 101 cm³/mol. The Morgan fingerprint density at radius 2 is 1.88 bits per heavy atom. The first-order chi connectivity index (χ1) is 11.2. The van der Waals surface area contributed by atoms with Gasteiger partial charge in [-0.2, -0.15) is 0 Å². The summed E-state index contributed by atoms with van der Waals surface area (Å²) < 4.78 is 12.1. The normalized spacial score (nSPS) is 11.3. The summed E-state index contributed by atoms with van der Waals surface area (Å²) in [5.74, 6) is 0.168. The Hall–Kier alpha value is -1.77. The molecule has 0 aliphatic rings. The number of hydrogen-bond donors (Lipinski definition) is 1. The molecule has 0 spiro atoms. The van der Waals surface area contributed by atoms with Gasteiger partial charge in [0.2, 0.25) is 5.91 Å². The van der Waals surface area contributed by atoms with E-state index in [1.807, 2.05) is 24.3 Å². The molecule has 0 saturated heterocycles. The molecule has 1 aromatic rings. The molecule has 0 bridgehead atoms. The van der Waals surface area contributed by atoms with Gasteiger partial charge in [0, 0.05) is 16.2 Å². The van der Waals surface area contributed by atoms with Crippen molar-refractivity contribution in [3.05, 3.63) is 40.0 Å². The van der Waals surface area contributed by atoms with Gasteiger partial charge in [0.1, 0.15) is 18.0 Å². The molecule has 2 N–H and O–H groups in total. The Kier molecular flexibility index (Phi) is 8.03. The molecule has 1 aromatic carbocycles. The second-order valence-corrected chi connectivity index (χ2v) is 7.28. The maximum Gasteiger partial charge on any atom is 0.410 e. The Bertz CT molecular complexity index is 579. The van der Waals surface area contributed by atoms with Gasteiger partial charge < -0.3 is 20.1 Å². The average molecular weight is 446 g/mol. The molecule has 7 heteroatoms. The summed E-state index contributed by atoms with van der Waals surface area (Å²) in [5, 5.41) is 0. The van der Waals surface area contributed by atoms with E-state index in [1.54, 1.807) is 20.8 Å². The summed E-state index contributed by atoms with van der Waals surface area (Å²) in [4.78, 5) is 24.5. The highest BCUT2D eigenvalue weighted by Gasteiger charge is 2.21. The molecule has 0 heterocycles. The van der Waals surface area contributed by atoms with E-state index in [0.29, 0.717) is 13.2 Å². The molecular formula is C17H23IN2O4. The summed E-state index contributed by atoms with van der Waals surface area (Å²) in [7, 11) is 0. The Labute approximate surface area is 156 Å². The van der Waals surface area contributed by atoms with Crippen molar-refractivity contribution >= 4 is 34.6 Å². The molecule has 0 aliphatic heterocycles. The zero-order chi connectivity index (χ0) is 18.2. The lowest BCUT2D eigenvalue weighted by molar-refractivity contribution is -0.113. The molecule has 0 unspecified atom stereocenters. The number of halogens is 1. The number of carbonyl (C=O) groups excluding carboxylic acids is 2. The minimum Gasteiger partial charge on any atom is -0.492 e. The largest absolute Gasteiger partial charge is 0.492 e. The van der Waals surface area contributed by atoms with Crippen LogP contribution >= 0.6 is 22.6 Å². The third-order valence-corrected chi connectivity index (χ3v) is 3.42. The first-order valence-electron chi connectivity index (χ1n) is 7.49. The summed E-state index contributed by atoms with van der Waals surface area (Å²) in [6.45, 7) is 6.24. The van der Waals surface area contributed by atoms with Gasteiger partial charge in [0.25, 0.3) is 0 Å². The molecule has 24 heavy (non-hydrogen) atoms. The summed E-state index contributed by atoms with van der Waals surface area (Å²) in [5.41, 5.74) is 4.46. The van der Waals surface area contributed by atoms with Crippen LogP contribution in [0, 0.1) is 3.57 Å². The highest BCUT2D eigenvalue weighted by atomic mass is 127. The number of nitrogens with two attached hydrogens (primary N) is 1. The van der Waals surface area contributed by atoms with Crippen LogP contribution in [0.25, 0.3) is 0 Å². The molecule has 132 valence electrons. The minimum atomic E-state index is -0.598. The Morgan fingerprint density at radius 1 is 1.25 bits per heavy atom. The van der Waals surface area contributed by atoms with E-state index >= 15 is 0 Å². The zero-order valence-corrected chi connectivity index (χ0v) is 16.3. The monoisotopic (exact) mass is 446 g/mol. The lowest BCUT2D eigenvalue weighted by atomic mass is 10.2. The number of primary amides is 1. The van der Waals surface area contributed by atoms with Crippen LogP contribution in [0.4, 0.5) is 4.79 Å². The fourth-order valence-corrected chi connectivity index (χ4v) is 2.04. The van der Waals surface area contributed by atoms with Crippen LogP contribution in [0.5, 0.6) is 5.75 Å². The third-order valence-electron chi connectivity index (χ3n) is 2.70. The van der Waals surface area contributed by atoms with E-state index in [1.165, 1.54) is 17.1 Å². The fourth-order valence-electron chi connectivity index (χ4n) is 1.68. The van der Waals surface area contributed by atoms with Crippen molar-refractivity contribution in [1.29, 1.82) is 0 Å². The standard InChI is InChI=1S/C17H23IN2O4/c1-17(2,3)24-16(22)20(10-4-5-15(19)21)11-12-23-14-8-6-13(18)7-9-14/h4-9H,10-12H2,1-3H3,(H2,19,21)/b5-4+. The van der Waals surface area contributed by atoms with E-state index < -0.39 is 17.6 Å². The number of carbonyl (C=O) groups is 2. The summed E-state index contributed by atoms with van der Waals surface area (Å²) >= 11 is 2.22. The van der Waals surface area contributed by atoms with E-state index in [9.17, 15) is 9.59 Å². The third kappa shape index (κ3) is 8.76. The lowest BCUT2D eigenvalue weighted by Gasteiger charge is -2.26. The van der Waals surface area contributed by atoms with Crippen molar-refractivity contribution in [1.82, 2.24) is 4.90 Å². The van der Waals surface area contributed by atoms with Gasteiger partial charge in [-0.3, -0.25) is 4.79 Å². The molecule has 0 saturated carbocycles. The number of nitrogens with zero attached hydrogens (tertiary/aromatic N) is 1. The average Bonchev–Trinajstić information content (AvgIpc) is 2.45.